The Morgan fingerprint density at radius 2 is 2.06 bits per heavy atom. The summed E-state index contributed by atoms with van der Waals surface area (Å²) in [5.41, 5.74) is 0.886. The smallest absolute Gasteiger partial charge is 0.244 e. The van der Waals surface area contributed by atoms with Crippen molar-refractivity contribution in [1.82, 2.24) is 5.32 Å². The lowest BCUT2D eigenvalue weighted by Crippen LogP contribution is -2.30. The van der Waals surface area contributed by atoms with Gasteiger partial charge in [-0.2, -0.15) is 0 Å². The van der Waals surface area contributed by atoms with Gasteiger partial charge in [0.15, 0.2) is 0 Å². The molecule has 0 aliphatic carbocycles. The molecule has 1 aromatic rings. The van der Waals surface area contributed by atoms with Gasteiger partial charge < -0.3 is 10.4 Å². The molecule has 16 heavy (non-hydrogen) atoms. The number of amides is 1. The van der Waals surface area contributed by atoms with E-state index in [1.165, 1.54) is 6.08 Å². The molecule has 0 aromatic heterocycles. The molecule has 3 heteroatoms. The van der Waals surface area contributed by atoms with Crippen molar-refractivity contribution in [2.75, 3.05) is 0 Å². The van der Waals surface area contributed by atoms with E-state index in [2.05, 4.69) is 5.32 Å². The van der Waals surface area contributed by atoms with Crippen molar-refractivity contribution in [3.63, 3.8) is 0 Å². The second kappa shape index (κ2) is 5.95. The molecular weight excluding hydrogens is 202 g/mol. The SMILES string of the molecule is CC[C@H](C)NC(=O)/C=C\c1ccc(O)cc1. The topological polar surface area (TPSA) is 49.3 Å². The van der Waals surface area contributed by atoms with Crippen molar-refractivity contribution in [2.45, 2.75) is 26.3 Å². The molecule has 0 unspecified atom stereocenters. The maximum atomic E-state index is 11.4. The van der Waals surface area contributed by atoms with Gasteiger partial charge in [-0.3, -0.25) is 4.79 Å². The van der Waals surface area contributed by atoms with Crippen LogP contribution in [0.5, 0.6) is 5.75 Å². The lowest BCUT2D eigenvalue weighted by atomic mass is 10.2. The molecule has 0 saturated carbocycles. The summed E-state index contributed by atoms with van der Waals surface area (Å²) in [5, 5.41) is 11.9. The molecule has 0 bridgehead atoms. The Balaban J connectivity index is 2.53. The van der Waals surface area contributed by atoms with Crippen molar-refractivity contribution in [1.29, 1.82) is 0 Å². The third-order valence-electron chi connectivity index (χ3n) is 2.32. The highest BCUT2D eigenvalue weighted by molar-refractivity contribution is 5.91. The summed E-state index contributed by atoms with van der Waals surface area (Å²) in [7, 11) is 0. The van der Waals surface area contributed by atoms with Gasteiger partial charge in [-0.1, -0.05) is 19.1 Å². The third-order valence-corrected chi connectivity index (χ3v) is 2.32. The maximum absolute atomic E-state index is 11.4. The van der Waals surface area contributed by atoms with Crippen LogP contribution in [0, 0.1) is 0 Å². The fourth-order valence-corrected chi connectivity index (χ4v) is 1.15. The molecular formula is C13H17NO2. The summed E-state index contributed by atoms with van der Waals surface area (Å²) in [6, 6.07) is 6.88. The Kier molecular flexibility index (Phi) is 4.58. The molecule has 0 aliphatic heterocycles. The van der Waals surface area contributed by atoms with Crippen molar-refractivity contribution >= 4 is 12.0 Å². The first-order chi connectivity index (χ1) is 7.61. The summed E-state index contributed by atoms with van der Waals surface area (Å²) in [6.07, 6.45) is 4.13. The van der Waals surface area contributed by atoms with E-state index in [9.17, 15) is 4.79 Å². The quantitative estimate of drug-likeness (QED) is 0.763. The van der Waals surface area contributed by atoms with E-state index in [4.69, 9.17) is 5.11 Å². The highest BCUT2D eigenvalue weighted by atomic mass is 16.3. The summed E-state index contributed by atoms with van der Waals surface area (Å²) < 4.78 is 0. The first kappa shape index (κ1) is 12.3. The minimum atomic E-state index is -0.0950. The van der Waals surface area contributed by atoms with Crippen LogP contribution < -0.4 is 5.32 Å². The van der Waals surface area contributed by atoms with Crippen molar-refractivity contribution in [2.24, 2.45) is 0 Å². The minimum Gasteiger partial charge on any atom is -0.508 e. The van der Waals surface area contributed by atoms with E-state index in [-0.39, 0.29) is 17.7 Å². The molecule has 1 atom stereocenters. The first-order valence-electron chi connectivity index (χ1n) is 5.39. The van der Waals surface area contributed by atoms with Gasteiger partial charge in [0.25, 0.3) is 0 Å². The zero-order chi connectivity index (χ0) is 12.0. The van der Waals surface area contributed by atoms with Gasteiger partial charge in [0.2, 0.25) is 5.91 Å². The number of rotatable bonds is 4. The molecule has 1 rings (SSSR count). The Labute approximate surface area is 95.8 Å². The Bertz CT molecular complexity index is 368. The zero-order valence-corrected chi connectivity index (χ0v) is 9.60. The van der Waals surface area contributed by atoms with Crippen molar-refractivity contribution < 1.29 is 9.90 Å². The predicted molar refractivity (Wildman–Crippen MR) is 65.0 cm³/mol. The molecule has 0 spiro atoms. The van der Waals surface area contributed by atoms with Crippen LogP contribution in [-0.2, 0) is 4.79 Å². The molecule has 0 saturated heterocycles. The third kappa shape index (κ3) is 4.17. The molecule has 3 nitrogen and oxygen atoms in total. The van der Waals surface area contributed by atoms with Crippen molar-refractivity contribution in [3.8, 4) is 5.75 Å². The molecule has 1 aromatic carbocycles. The lowest BCUT2D eigenvalue weighted by molar-refractivity contribution is -0.117. The largest absolute Gasteiger partial charge is 0.508 e. The number of carbonyl (C=O) groups is 1. The van der Waals surface area contributed by atoms with Crippen LogP contribution >= 0.6 is 0 Å². The average molecular weight is 219 g/mol. The second-order valence-corrected chi connectivity index (χ2v) is 3.74. The average Bonchev–Trinajstić information content (AvgIpc) is 2.28. The highest BCUT2D eigenvalue weighted by Gasteiger charge is 2.00. The van der Waals surface area contributed by atoms with Crippen molar-refractivity contribution in [3.05, 3.63) is 35.9 Å². The minimum absolute atomic E-state index is 0.0950. The van der Waals surface area contributed by atoms with Crippen LogP contribution in [0.15, 0.2) is 30.3 Å². The summed E-state index contributed by atoms with van der Waals surface area (Å²) in [6.45, 7) is 3.99. The highest BCUT2D eigenvalue weighted by Crippen LogP contribution is 2.10. The normalized spacial score (nSPS) is 12.6. The van der Waals surface area contributed by atoms with Gasteiger partial charge in [0.1, 0.15) is 5.75 Å². The van der Waals surface area contributed by atoms with E-state index in [0.717, 1.165) is 12.0 Å². The molecule has 0 fully saturated rings. The summed E-state index contributed by atoms with van der Waals surface area (Å²) in [4.78, 5) is 11.4. The number of carbonyl (C=O) groups excluding carboxylic acids is 1. The van der Waals surface area contributed by atoms with Gasteiger partial charge in [-0.25, -0.2) is 0 Å². The van der Waals surface area contributed by atoms with Gasteiger partial charge >= 0.3 is 0 Å². The van der Waals surface area contributed by atoms with Crippen LogP contribution in [0.3, 0.4) is 0 Å². The standard InChI is InChI=1S/C13H17NO2/c1-3-10(2)14-13(16)9-6-11-4-7-12(15)8-5-11/h4-10,15H,3H2,1-2H3,(H,14,16)/b9-6-/t10-/m0/s1. The van der Waals surface area contributed by atoms with E-state index < -0.39 is 0 Å². The van der Waals surface area contributed by atoms with Gasteiger partial charge in [-0.05, 0) is 37.1 Å². The van der Waals surface area contributed by atoms with Gasteiger partial charge in [0.05, 0.1) is 0 Å². The fraction of sp³-hybridized carbons (Fsp3) is 0.308. The molecule has 86 valence electrons. The van der Waals surface area contributed by atoms with E-state index >= 15 is 0 Å². The van der Waals surface area contributed by atoms with Crippen LogP contribution in [0.25, 0.3) is 6.08 Å². The number of phenols is 1. The van der Waals surface area contributed by atoms with E-state index in [1.54, 1.807) is 30.3 Å². The van der Waals surface area contributed by atoms with E-state index in [0.29, 0.717) is 0 Å². The molecule has 2 N–H and O–H groups in total. The predicted octanol–water partition coefficient (Wildman–Crippen LogP) is 2.32. The molecule has 0 aliphatic rings. The Morgan fingerprint density at radius 1 is 1.44 bits per heavy atom. The zero-order valence-electron chi connectivity index (χ0n) is 9.60. The fourth-order valence-electron chi connectivity index (χ4n) is 1.15. The molecule has 0 heterocycles. The number of benzene rings is 1. The monoisotopic (exact) mass is 219 g/mol. The van der Waals surface area contributed by atoms with Crippen LogP contribution in [-0.4, -0.2) is 17.1 Å². The Hall–Kier alpha value is -1.77. The second-order valence-electron chi connectivity index (χ2n) is 3.74. The first-order valence-corrected chi connectivity index (χ1v) is 5.39. The lowest BCUT2D eigenvalue weighted by Gasteiger charge is -2.08. The number of hydrogen-bond acceptors (Lipinski definition) is 2. The van der Waals surface area contributed by atoms with Crippen LogP contribution in [0.1, 0.15) is 25.8 Å². The Morgan fingerprint density at radius 3 is 2.62 bits per heavy atom. The number of hydrogen-bond donors (Lipinski definition) is 2. The molecule has 0 radical (unpaired) electrons. The number of phenolic OH excluding ortho intramolecular Hbond substituents is 1. The summed E-state index contributed by atoms with van der Waals surface area (Å²) in [5.74, 6) is 0.128. The van der Waals surface area contributed by atoms with Crippen LogP contribution in [0.2, 0.25) is 0 Å². The summed E-state index contributed by atoms with van der Waals surface area (Å²) >= 11 is 0. The number of aromatic hydroxyl groups is 1. The van der Waals surface area contributed by atoms with E-state index in [1.807, 2.05) is 13.8 Å². The van der Waals surface area contributed by atoms with Crippen LogP contribution in [0.4, 0.5) is 0 Å². The maximum Gasteiger partial charge on any atom is 0.244 e. The molecule has 1 amide bonds. The van der Waals surface area contributed by atoms with Gasteiger partial charge in [0, 0.05) is 12.1 Å². The van der Waals surface area contributed by atoms with Gasteiger partial charge in [-0.15, -0.1) is 0 Å². The number of nitrogens with one attached hydrogen (secondary N) is 1.